The summed E-state index contributed by atoms with van der Waals surface area (Å²) in [5.41, 5.74) is 0. The second kappa shape index (κ2) is 10.1. The zero-order chi connectivity index (χ0) is 18.2. The van der Waals surface area contributed by atoms with E-state index in [-0.39, 0.29) is 11.8 Å². The summed E-state index contributed by atoms with van der Waals surface area (Å²) >= 11 is 5.32. The molecule has 1 aliphatic heterocycles. The van der Waals surface area contributed by atoms with Crippen LogP contribution in [0.1, 0.15) is 18.7 Å². The van der Waals surface area contributed by atoms with Crippen LogP contribution >= 0.6 is 27.3 Å². The van der Waals surface area contributed by atoms with Crippen LogP contribution in [0.25, 0.3) is 0 Å². The molecule has 0 saturated carbocycles. The van der Waals surface area contributed by atoms with Crippen LogP contribution in [0, 0.1) is 5.92 Å². The van der Waals surface area contributed by atoms with Gasteiger partial charge in [-0.15, -0.1) is 11.3 Å². The van der Waals surface area contributed by atoms with E-state index >= 15 is 0 Å². The summed E-state index contributed by atoms with van der Waals surface area (Å²) in [7, 11) is 1.81. The molecule has 0 radical (unpaired) electrons. The first-order valence-electron chi connectivity index (χ1n) is 8.69. The number of nitrogens with one attached hydrogen (secondary N) is 2. The number of carbonyl (C=O) groups excluding carboxylic acids is 1. The van der Waals surface area contributed by atoms with Crippen molar-refractivity contribution in [3.05, 3.63) is 20.8 Å². The highest BCUT2D eigenvalue weighted by Crippen LogP contribution is 2.23. The topological polar surface area (TPSA) is 60.0 Å². The minimum atomic E-state index is 0.0244. The maximum atomic E-state index is 11.6. The molecule has 0 atom stereocenters. The van der Waals surface area contributed by atoms with E-state index in [9.17, 15) is 4.79 Å². The summed E-state index contributed by atoms with van der Waals surface area (Å²) in [4.78, 5) is 22.1. The molecule has 1 fully saturated rings. The quantitative estimate of drug-likeness (QED) is 0.412. The average Bonchev–Trinajstić information content (AvgIpc) is 3.00. The largest absolute Gasteiger partial charge is 0.354 e. The summed E-state index contributed by atoms with van der Waals surface area (Å²) in [6, 6.07) is 4.30. The lowest BCUT2D eigenvalue weighted by molar-refractivity contribution is -0.123. The number of halogens is 1. The van der Waals surface area contributed by atoms with Crippen LogP contribution < -0.4 is 10.6 Å². The van der Waals surface area contributed by atoms with Crippen molar-refractivity contribution in [2.24, 2.45) is 10.9 Å². The minimum Gasteiger partial charge on any atom is -0.354 e. The molecule has 0 unspecified atom stereocenters. The Morgan fingerprint density at radius 1 is 1.24 bits per heavy atom. The molecule has 0 aliphatic carbocycles. The Kier molecular flexibility index (Phi) is 8.18. The van der Waals surface area contributed by atoms with Crippen molar-refractivity contribution in [2.45, 2.75) is 20.4 Å². The number of rotatable bonds is 6. The van der Waals surface area contributed by atoms with Gasteiger partial charge in [0.1, 0.15) is 0 Å². The highest BCUT2D eigenvalue weighted by molar-refractivity contribution is 9.11. The fraction of sp³-hybridized carbons (Fsp3) is 0.647. The van der Waals surface area contributed by atoms with E-state index in [0.29, 0.717) is 13.1 Å². The van der Waals surface area contributed by atoms with Gasteiger partial charge in [0.25, 0.3) is 0 Å². The van der Waals surface area contributed by atoms with Gasteiger partial charge in [0.15, 0.2) is 5.96 Å². The molecule has 2 rings (SSSR count). The van der Waals surface area contributed by atoms with Crippen LogP contribution in [0.2, 0.25) is 0 Å². The second-order valence-corrected chi connectivity index (χ2v) is 8.94. The third-order valence-corrected chi connectivity index (χ3v) is 5.73. The molecule has 140 valence electrons. The molecular weight excluding hydrogens is 402 g/mol. The van der Waals surface area contributed by atoms with E-state index in [4.69, 9.17) is 0 Å². The Morgan fingerprint density at radius 3 is 2.48 bits per heavy atom. The maximum Gasteiger partial charge on any atom is 0.222 e. The lowest BCUT2D eigenvalue weighted by Crippen LogP contribution is -2.53. The summed E-state index contributed by atoms with van der Waals surface area (Å²) in [5.74, 6) is 1.03. The van der Waals surface area contributed by atoms with E-state index < -0.39 is 0 Å². The van der Waals surface area contributed by atoms with E-state index in [0.717, 1.165) is 38.7 Å². The Labute approximate surface area is 162 Å². The third kappa shape index (κ3) is 6.60. The molecule has 0 bridgehead atoms. The molecule has 1 aromatic heterocycles. The predicted molar refractivity (Wildman–Crippen MR) is 108 cm³/mol. The monoisotopic (exact) mass is 429 g/mol. The molecule has 8 heteroatoms. The Morgan fingerprint density at radius 2 is 1.92 bits per heavy atom. The van der Waals surface area contributed by atoms with Crippen LogP contribution in [0.15, 0.2) is 20.9 Å². The highest BCUT2D eigenvalue weighted by atomic mass is 79.9. The maximum absolute atomic E-state index is 11.6. The number of hydrogen-bond donors (Lipinski definition) is 2. The van der Waals surface area contributed by atoms with Crippen molar-refractivity contribution in [1.82, 2.24) is 20.4 Å². The molecule has 6 nitrogen and oxygen atoms in total. The van der Waals surface area contributed by atoms with Gasteiger partial charge < -0.3 is 15.5 Å². The fourth-order valence-electron chi connectivity index (χ4n) is 2.67. The van der Waals surface area contributed by atoms with Gasteiger partial charge in [0, 0.05) is 63.7 Å². The third-order valence-electron chi connectivity index (χ3n) is 4.12. The Balaban J connectivity index is 1.69. The van der Waals surface area contributed by atoms with Gasteiger partial charge in [-0.25, -0.2) is 0 Å². The van der Waals surface area contributed by atoms with Crippen molar-refractivity contribution in [1.29, 1.82) is 0 Å². The molecule has 2 N–H and O–H groups in total. The summed E-state index contributed by atoms with van der Waals surface area (Å²) in [6.07, 6.45) is 0. The fourth-order valence-corrected chi connectivity index (χ4v) is 4.20. The average molecular weight is 430 g/mol. The van der Waals surface area contributed by atoms with E-state index in [1.807, 2.05) is 20.9 Å². The standard InChI is InChI=1S/C17H28BrN5OS/c1-13(2)16(24)20-6-7-21-17(19-3)23-10-8-22(9-11-23)12-14-4-5-15(18)25-14/h4-5,13H,6-12H2,1-3H3,(H,19,21)(H,20,24). The first-order valence-corrected chi connectivity index (χ1v) is 10.3. The molecule has 0 spiro atoms. The van der Waals surface area contributed by atoms with Crippen LogP contribution in [0.3, 0.4) is 0 Å². The number of aliphatic imine (C=N–C) groups is 1. The van der Waals surface area contributed by atoms with Crippen molar-refractivity contribution in [3.8, 4) is 0 Å². The van der Waals surface area contributed by atoms with Crippen molar-refractivity contribution >= 4 is 39.1 Å². The highest BCUT2D eigenvalue weighted by Gasteiger charge is 2.20. The smallest absolute Gasteiger partial charge is 0.222 e. The van der Waals surface area contributed by atoms with Gasteiger partial charge >= 0.3 is 0 Å². The lowest BCUT2D eigenvalue weighted by Gasteiger charge is -2.36. The van der Waals surface area contributed by atoms with Gasteiger partial charge in [-0.1, -0.05) is 13.8 Å². The molecule has 2 heterocycles. The Bertz CT molecular complexity index is 581. The van der Waals surface area contributed by atoms with Crippen molar-refractivity contribution < 1.29 is 4.79 Å². The normalized spacial score (nSPS) is 16.4. The molecule has 0 aromatic carbocycles. The van der Waals surface area contributed by atoms with Crippen LogP contribution in [-0.2, 0) is 11.3 Å². The number of carbonyl (C=O) groups is 1. The van der Waals surface area contributed by atoms with Crippen LogP contribution in [0.5, 0.6) is 0 Å². The molecule has 1 amide bonds. The predicted octanol–water partition coefficient (Wildman–Crippen LogP) is 1.98. The number of guanidine groups is 1. The first-order chi connectivity index (χ1) is 12.0. The summed E-state index contributed by atoms with van der Waals surface area (Å²) in [6.45, 7) is 10.1. The van der Waals surface area contributed by atoms with Gasteiger partial charge in [0.05, 0.1) is 3.79 Å². The summed E-state index contributed by atoms with van der Waals surface area (Å²) in [5, 5.41) is 6.25. The zero-order valence-corrected chi connectivity index (χ0v) is 17.6. The first kappa shape index (κ1) is 20.2. The number of amides is 1. The number of piperazine rings is 1. The van der Waals surface area contributed by atoms with Crippen LogP contribution in [-0.4, -0.2) is 68.0 Å². The number of hydrogen-bond acceptors (Lipinski definition) is 4. The van der Waals surface area contributed by atoms with E-state index in [2.05, 4.69) is 53.5 Å². The van der Waals surface area contributed by atoms with Crippen LogP contribution in [0.4, 0.5) is 0 Å². The second-order valence-electron chi connectivity index (χ2n) is 6.39. The Hall–Kier alpha value is -1.12. The van der Waals surface area contributed by atoms with Crippen molar-refractivity contribution in [3.63, 3.8) is 0 Å². The zero-order valence-electron chi connectivity index (χ0n) is 15.2. The van der Waals surface area contributed by atoms with Gasteiger partial charge in [0.2, 0.25) is 5.91 Å². The van der Waals surface area contributed by atoms with E-state index in [1.54, 1.807) is 11.3 Å². The van der Waals surface area contributed by atoms with Gasteiger partial charge in [-0.3, -0.25) is 14.7 Å². The van der Waals surface area contributed by atoms with Gasteiger partial charge in [-0.2, -0.15) is 0 Å². The lowest BCUT2D eigenvalue weighted by atomic mass is 10.2. The van der Waals surface area contributed by atoms with E-state index in [1.165, 1.54) is 8.66 Å². The summed E-state index contributed by atoms with van der Waals surface area (Å²) < 4.78 is 1.19. The molecule has 25 heavy (non-hydrogen) atoms. The minimum absolute atomic E-state index is 0.0244. The number of nitrogens with zero attached hydrogens (tertiary/aromatic N) is 3. The van der Waals surface area contributed by atoms with Gasteiger partial charge in [-0.05, 0) is 28.1 Å². The molecule has 1 aromatic rings. The number of thiophene rings is 1. The molecule has 1 saturated heterocycles. The van der Waals surface area contributed by atoms with Crippen molar-refractivity contribution in [2.75, 3.05) is 46.3 Å². The molecule has 1 aliphatic rings. The molecular formula is C17H28BrN5OS. The SMILES string of the molecule is CN=C(NCCNC(=O)C(C)C)N1CCN(Cc2ccc(Br)s2)CC1.